The minimum absolute atomic E-state index is 0.0260. The van der Waals surface area contributed by atoms with Gasteiger partial charge in [0.05, 0.1) is 6.54 Å². The van der Waals surface area contributed by atoms with Crippen LogP contribution in [0.4, 0.5) is 0 Å². The van der Waals surface area contributed by atoms with Crippen molar-refractivity contribution >= 4 is 11.9 Å². The lowest BCUT2D eigenvalue weighted by Gasteiger charge is -2.38. The van der Waals surface area contributed by atoms with Gasteiger partial charge in [0.15, 0.2) is 0 Å². The zero-order valence-electron chi connectivity index (χ0n) is 12.9. The van der Waals surface area contributed by atoms with Crippen molar-refractivity contribution in [2.24, 2.45) is 0 Å². The molecule has 1 aromatic carbocycles. The van der Waals surface area contributed by atoms with Gasteiger partial charge in [-0.1, -0.05) is 30.3 Å². The van der Waals surface area contributed by atoms with Gasteiger partial charge in [0, 0.05) is 6.07 Å². The maximum absolute atomic E-state index is 12.3. The number of benzene rings is 1. The lowest BCUT2D eigenvalue weighted by Crippen LogP contribution is -2.59. The summed E-state index contributed by atoms with van der Waals surface area (Å²) in [4.78, 5) is 35.6. The summed E-state index contributed by atoms with van der Waals surface area (Å²) in [5, 5.41) is 15.9. The van der Waals surface area contributed by atoms with Crippen LogP contribution in [0.25, 0.3) is 0 Å². The molecule has 0 unspecified atom stereocenters. The molecular weight excluding hydrogens is 310 g/mol. The fourth-order valence-corrected chi connectivity index (χ4v) is 2.64. The van der Waals surface area contributed by atoms with Gasteiger partial charge in [-0.15, -0.1) is 0 Å². The minimum Gasteiger partial charge on any atom is -0.480 e. The highest BCUT2D eigenvalue weighted by Crippen LogP contribution is 2.32. The molecule has 7 heteroatoms. The predicted molar refractivity (Wildman–Crippen MR) is 85.7 cm³/mol. The first-order valence-corrected chi connectivity index (χ1v) is 7.68. The number of amides is 1. The van der Waals surface area contributed by atoms with Crippen molar-refractivity contribution in [2.75, 3.05) is 0 Å². The third-order valence-electron chi connectivity index (χ3n) is 4.24. The van der Waals surface area contributed by atoms with Crippen molar-refractivity contribution in [3.8, 4) is 0 Å². The number of aromatic nitrogens is 2. The molecule has 3 rings (SSSR count). The standard InChI is InChI=1S/C17H17N3O4/c21-14-8-7-13(15(22)18-17(16(23)24)9-4-10-17)19-20(14)11-12-5-2-1-3-6-12/h1-3,5-8H,4,9-11H2,(H,18,22)(H,23,24). The molecule has 0 atom stereocenters. The number of nitrogens with zero attached hydrogens (tertiary/aromatic N) is 2. The molecule has 1 aliphatic carbocycles. The number of nitrogens with one attached hydrogen (secondary N) is 1. The van der Waals surface area contributed by atoms with E-state index in [9.17, 15) is 19.5 Å². The van der Waals surface area contributed by atoms with Gasteiger partial charge in [0.25, 0.3) is 11.5 Å². The SMILES string of the molecule is O=C(NC1(C(=O)O)CCC1)c1ccc(=O)n(Cc2ccccc2)n1. The van der Waals surface area contributed by atoms with Crippen LogP contribution < -0.4 is 10.9 Å². The Morgan fingerprint density at radius 1 is 1.17 bits per heavy atom. The Morgan fingerprint density at radius 2 is 1.88 bits per heavy atom. The fraction of sp³-hybridized carbons (Fsp3) is 0.294. The van der Waals surface area contributed by atoms with E-state index in [1.807, 2.05) is 30.3 Å². The summed E-state index contributed by atoms with van der Waals surface area (Å²) in [5.74, 6) is -1.63. The molecule has 1 aromatic heterocycles. The molecule has 1 aliphatic rings. The van der Waals surface area contributed by atoms with Crippen LogP contribution in [0.3, 0.4) is 0 Å². The van der Waals surface area contributed by atoms with Gasteiger partial charge in [0.1, 0.15) is 11.2 Å². The smallest absolute Gasteiger partial charge is 0.329 e. The molecule has 2 N–H and O–H groups in total. The van der Waals surface area contributed by atoms with Crippen LogP contribution in [0.2, 0.25) is 0 Å². The molecule has 0 aliphatic heterocycles. The van der Waals surface area contributed by atoms with Crippen LogP contribution in [-0.4, -0.2) is 32.3 Å². The second-order valence-corrected chi connectivity index (χ2v) is 5.89. The number of carbonyl (C=O) groups is 2. The molecule has 0 spiro atoms. The van der Waals surface area contributed by atoms with Crippen LogP contribution in [0.15, 0.2) is 47.3 Å². The van der Waals surface area contributed by atoms with Gasteiger partial charge >= 0.3 is 5.97 Å². The Balaban J connectivity index is 1.81. The van der Waals surface area contributed by atoms with Gasteiger partial charge in [-0.05, 0) is 30.9 Å². The van der Waals surface area contributed by atoms with Gasteiger partial charge in [-0.2, -0.15) is 5.10 Å². The first-order chi connectivity index (χ1) is 11.5. The normalized spacial score (nSPS) is 15.3. The van der Waals surface area contributed by atoms with Crippen molar-refractivity contribution in [2.45, 2.75) is 31.3 Å². The summed E-state index contributed by atoms with van der Waals surface area (Å²) in [7, 11) is 0. The van der Waals surface area contributed by atoms with Crippen molar-refractivity contribution in [1.82, 2.24) is 15.1 Å². The van der Waals surface area contributed by atoms with Gasteiger partial charge < -0.3 is 10.4 Å². The Kier molecular flexibility index (Phi) is 4.16. The Bertz CT molecular complexity index is 825. The second kappa shape index (κ2) is 6.27. The monoisotopic (exact) mass is 327 g/mol. The third-order valence-corrected chi connectivity index (χ3v) is 4.24. The van der Waals surface area contributed by atoms with E-state index in [0.29, 0.717) is 12.8 Å². The molecule has 0 radical (unpaired) electrons. The molecule has 0 bridgehead atoms. The van der Waals surface area contributed by atoms with Crippen LogP contribution >= 0.6 is 0 Å². The van der Waals surface area contributed by atoms with Crippen molar-refractivity contribution in [1.29, 1.82) is 0 Å². The molecule has 1 saturated carbocycles. The summed E-state index contributed by atoms with van der Waals surface area (Å²) in [6.07, 6.45) is 1.56. The summed E-state index contributed by atoms with van der Waals surface area (Å²) < 4.78 is 1.19. The van der Waals surface area contributed by atoms with Gasteiger partial charge in [-0.3, -0.25) is 9.59 Å². The van der Waals surface area contributed by atoms with Gasteiger partial charge in [-0.25, -0.2) is 9.48 Å². The van der Waals surface area contributed by atoms with E-state index in [-0.39, 0.29) is 17.8 Å². The maximum atomic E-state index is 12.3. The molecule has 1 fully saturated rings. The number of carbonyl (C=O) groups excluding carboxylic acids is 1. The van der Waals surface area contributed by atoms with Crippen LogP contribution in [-0.2, 0) is 11.3 Å². The highest BCUT2D eigenvalue weighted by Gasteiger charge is 2.46. The summed E-state index contributed by atoms with van der Waals surface area (Å²) in [6.45, 7) is 0.241. The van der Waals surface area contributed by atoms with Gasteiger partial charge in [0.2, 0.25) is 0 Å². The molecule has 24 heavy (non-hydrogen) atoms. The Morgan fingerprint density at radius 3 is 2.46 bits per heavy atom. The van der Waals surface area contributed by atoms with E-state index in [0.717, 1.165) is 12.0 Å². The van der Waals surface area contributed by atoms with Crippen LogP contribution in [0.1, 0.15) is 35.3 Å². The highest BCUT2D eigenvalue weighted by molar-refractivity contribution is 5.96. The number of carboxylic acid groups (broad SMARTS) is 1. The predicted octanol–water partition coefficient (Wildman–Crippen LogP) is 1.03. The zero-order valence-corrected chi connectivity index (χ0v) is 12.9. The van der Waals surface area contributed by atoms with Crippen LogP contribution in [0.5, 0.6) is 0 Å². The molecular formula is C17H17N3O4. The van der Waals surface area contributed by atoms with Crippen molar-refractivity contribution in [3.05, 3.63) is 64.1 Å². The Hall–Kier alpha value is -2.96. The number of rotatable bonds is 5. The largest absolute Gasteiger partial charge is 0.480 e. The summed E-state index contributed by atoms with van der Waals surface area (Å²) >= 11 is 0. The molecule has 1 amide bonds. The number of hydrogen-bond donors (Lipinski definition) is 2. The summed E-state index contributed by atoms with van der Waals surface area (Å²) in [6, 6.07) is 11.9. The minimum atomic E-state index is -1.21. The second-order valence-electron chi connectivity index (χ2n) is 5.89. The lowest BCUT2D eigenvalue weighted by molar-refractivity contribution is -0.148. The van der Waals surface area contributed by atoms with Crippen LogP contribution in [0, 0.1) is 0 Å². The highest BCUT2D eigenvalue weighted by atomic mass is 16.4. The number of aliphatic carboxylic acids is 1. The number of hydrogen-bond acceptors (Lipinski definition) is 4. The van der Waals surface area contributed by atoms with E-state index >= 15 is 0 Å². The molecule has 2 aromatic rings. The lowest BCUT2D eigenvalue weighted by atomic mass is 9.76. The van der Waals surface area contributed by atoms with E-state index < -0.39 is 17.4 Å². The summed E-state index contributed by atoms with van der Waals surface area (Å²) in [5.41, 5.74) is -0.630. The van der Waals surface area contributed by atoms with E-state index in [1.54, 1.807) is 0 Å². The van der Waals surface area contributed by atoms with Crippen molar-refractivity contribution in [3.63, 3.8) is 0 Å². The van der Waals surface area contributed by atoms with Crippen molar-refractivity contribution < 1.29 is 14.7 Å². The third kappa shape index (κ3) is 3.05. The molecule has 124 valence electrons. The molecule has 1 heterocycles. The average Bonchev–Trinajstić information content (AvgIpc) is 2.53. The quantitative estimate of drug-likeness (QED) is 0.854. The van der Waals surface area contributed by atoms with E-state index in [2.05, 4.69) is 10.4 Å². The Labute approximate surface area is 137 Å². The average molecular weight is 327 g/mol. The number of carboxylic acids is 1. The molecule has 7 nitrogen and oxygen atoms in total. The van der Waals surface area contributed by atoms with E-state index in [1.165, 1.54) is 16.8 Å². The first kappa shape index (κ1) is 15.9. The molecule has 0 saturated heterocycles. The fourth-order valence-electron chi connectivity index (χ4n) is 2.64. The maximum Gasteiger partial charge on any atom is 0.329 e. The first-order valence-electron chi connectivity index (χ1n) is 7.68. The van der Waals surface area contributed by atoms with E-state index in [4.69, 9.17) is 0 Å². The zero-order chi connectivity index (χ0) is 17.2. The topological polar surface area (TPSA) is 101 Å².